The summed E-state index contributed by atoms with van der Waals surface area (Å²) in [6.07, 6.45) is 2.02. The lowest BCUT2D eigenvalue weighted by Crippen LogP contribution is -2.35. The maximum absolute atomic E-state index is 9.36. The number of rotatable bonds is 1. The Labute approximate surface area is 103 Å². The molecule has 88 valence electrons. The van der Waals surface area contributed by atoms with Crippen LogP contribution in [0.15, 0.2) is 35.9 Å². The van der Waals surface area contributed by atoms with Crippen LogP contribution in [0.1, 0.15) is 25.3 Å². The second kappa shape index (κ2) is 5.16. The molecule has 1 aliphatic heterocycles. The third-order valence-corrected chi connectivity index (χ3v) is 3.59. The van der Waals surface area contributed by atoms with Gasteiger partial charge in [0.25, 0.3) is 0 Å². The van der Waals surface area contributed by atoms with Crippen molar-refractivity contribution in [3.63, 3.8) is 0 Å². The number of likely N-dealkylation sites (tertiary alicyclic amines) is 1. The molecule has 1 fully saturated rings. The molecule has 0 saturated carbocycles. The van der Waals surface area contributed by atoms with Crippen LogP contribution in [0.3, 0.4) is 0 Å². The van der Waals surface area contributed by atoms with Gasteiger partial charge in [-0.15, -0.1) is 0 Å². The second-order valence-corrected chi connectivity index (χ2v) is 4.74. The maximum Gasteiger partial charge on any atom is 0.0997 e. The summed E-state index contributed by atoms with van der Waals surface area (Å²) in [7, 11) is 2.15. The molecular weight excluding hydrogens is 208 g/mol. The van der Waals surface area contributed by atoms with Crippen LogP contribution in [0, 0.1) is 11.3 Å². The minimum absolute atomic E-state index is 0.533. The number of piperidine rings is 1. The maximum atomic E-state index is 9.36. The number of nitriles is 1. The van der Waals surface area contributed by atoms with E-state index in [0.717, 1.165) is 30.5 Å². The molecule has 0 spiro atoms. The Bertz CT molecular complexity index is 454. The lowest BCUT2D eigenvalue weighted by molar-refractivity contribution is 0.232. The van der Waals surface area contributed by atoms with E-state index in [1.165, 1.54) is 5.57 Å². The highest BCUT2D eigenvalue weighted by molar-refractivity contribution is 5.79. The SMILES string of the molecule is CC1C/C(=C(/C#N)c2ccccc2)CCN1C. The Hall–Kier alpha value is -1.59. The number of hydrogen-bond donors (Lipinski definition) is 0. The van der Waals surface area contributed by atoms with Crippen molar-refractivity contribution < 1.29 is 0 Å². The van der Waals surface area contributed by atoms with Gasteiger partial charge in [0.1, 0.15) is 0 Å². The second-order valence-electron chi connectivity index (χ2n) is 4.74. The fourth-order valence-electron chi connectivity index (χ4n) is 2.33. The lowest BCUT2D eigenvalue weighted by Gasteiger charge is -2.32. The van der Waals surface area contributed by atoms with Gasteiger partial charge in [-0.25, -0.2) is 0 Å². The summed E-state index contributed by atoms with van der Waals surface area (Å²) in [5.41, 5.74) is 3.25. The van der Waals surface area contributed by atoms with Crippen molar-refractivity contribution in [2.24, 2.45) is 0 Å². The molecule has 0 N–H and O–H groups in total. The van der Waals surface area contributed by atoms with Crippen LogP contribution in [0.2, 0.25) is 0 Å². The largest absolute Gasteiger partial charge is 0.303 e. The molecule has 1 aromatic carbocycles. The molecule has 2 nitrogen and oxygen atoms in total. The number of benzene rings is 1. The van der Waals surface area contributed by atoms with Gasteiger partial charge in [0.15, 0.2) is 0 Å². The molecule has 17 heavy (non-hydrogen) atoms. The Balaban J connectivity index is 2.33. The van der Waals surface area contributed by atoms with Crippen LogP contribution < -0.4 is 0 Å². The third-order valence-electron chi connectivity index (χ3n) is 3.59. The van der Waals surface area contributed by atoms with E-state index in [2.05, 4.69) is 24.9 Å². The summed E-state index contributed by atoms with van der Waals surface area (Å²) in [4.78, 5) is 2.35. The zero-order chi connectivity index (χ0) is 12.3. The van der Waals surface area contributed by atoms with Crippen molar-refractivity contribution in [1.82, 2.24) is 4.90 Å². The third kappa shape index (κ3) is 2.57. The molecule has 1 saturated heterocycles. The van der Waals surface area contributed by atoms with E-state index in [-0.39, 0.29) is 0 Å². The summed E-state index contributed by atoms with van der Waals surface area (Å²) >= 11 is 0. The van der Waals surface area contributed by atoms with Crippen molar-refractivity contribution >= 4 is 5.57 Å². The van der Waals surface area contributed by atoms with Crippen LogP contribution in [0.5, 0.6) is 0 Å². The van der Waals surface area contributed by atoms with Crippen molar-refractivity contribution in [3.8, 4) is 6.07 Å². The van der Waals surface area contributed by atoms with Crippen molar-refractivity contribution in [2.45, 2.75) is 25.8 Å². The minimum Gasteiger partial charge on any atom is -0.303 e. The number of allylic oxidation sites excluding steroid dienone is 1. The van der Waals surface area contributed by atoms with Gasteiger partial charge < -0.3 is 4.90 Å². The van der Waals surface area contributed by atoms with Gasteiger partial charge in [-0.1, -0.05) is 30.3 Å². The quantitative estimate of drug-likeness (QED) is 0.688. The molecule has 0 aliphatic carbocycles. The van der Waals surface area contributed by atoms with Gasteiger partial charge >= 0.3 is 0 Å². The Morgan fingerprint density at radius 1 is 1.35 bits per heavy atom. The highest BCUT2D eigenvalue weighted by atomic mass is 15.1. The molecule has 1 aliphatic rings. The first kappa shape index (κ1) is 11.9. The highest BCUT2D eigenvalue weighted by Gasteiger charge is 2.20. The van der Waals surface area contributed by atoms with Gasteiger partial charge in [-0.3, -0.25) is 0 Å². The van der Waals surface area contributed by atoms with E-state index < -0.39 is 0 Å². The Kier molecular flexibility index (Phi) is 3.61. The first-order valence-electron chi connectivity index (χ1n) is 6.10. The van der Waals surface area contributed by atoms with Crippen molar-refractivity contribution in [3.05, 3.63) is 41.5 Å². The van der Waals surface area contributed by atoms with Crippen LogP contribution in [0.25, 0.3) is 5.57 Å². The van der Waals surface area contributed by atoms with Gasteiger partial charge in [-0.05, 0) is 37.9 Å². The average molecular weight is 226 g/mol. The van der Waals surface area contributed by atoms with Gasteiger partial charge in [0.05, 0.1) is 11.6 Å². The smallest absolute Gasteiger partial charge is 0.0997 e. The predicted octanol–water partition coefficient (Wildman–Crippen LogP) is 3.08. The van der Waals surface area contributed by atoms with E-state index in [9.17, 15) is 5.26 Å². The minimum atomic E-state index is 0.533. The normalized spacial score (nSPS) is 24.2. The predicted molar refractivity (Wildman–Crippen MR) is 70.3 cm³/mol. The molecule has 1 atom stereocenters. The van der Waals surface area contributed by atoms with Crippen molar-refractivity contribution in [2.75, 3.05) is 13.6 Å². The monoisotopic (exact) mass is 226 g/mol. The zero-order valence-corrected chi connectivity index (χ0v) is 10.5. The molecule has 2 heteroatoms. The molecular formula is C15H18N2. The number of hydrogen-bond acceptors (Lipinski definition) is 2. The molecule has 0 radical (unpaired) electrons. The summed E-state index contributed by atoms with van der Waals surface area (Å²) in [6, 6.07) is 12.9. The standard InChI is InChI=1S/C15H18N2/c1-12-10-14(8-9-17(12)2)15(11-16)13-6-4-3-5-7-13/h3-7,12H,8-10H2,1-2H3/b15-14-. The Morgan fingerprint density at radius 2 is 2.06 bits per heavy atom. The summed E-state index contributed by atoms with van der Waals surface area (Å²) in [5, 5.41) is 9.36. The van der Waals surface area contributed by atoms with E-state index in [0.29, 0.717) is 6.04 Å². The van der Waals surface area contributed by atoms with Crippen LogP contribution >= 0.6 is 0 Å². The van der Waals surface area contributed by atoms with Crippen molar-refractivity contribution in [1.29, 1.82) is 5.26 Å². The van der Waals surface area contributed by atoms with E-state index in [1.54, 1.807) is 0 Å². The fourth-order valence-corrected chi connectivity index (χ4v) is 2.33. The Morgan fingerprint density at radius 3 is 2.65 bits per heavy atom. The van der Waals surface area contributed by atoms with Gasteiger partial charge in [0.2, 0.25) is 0 Å². The van der Waals surface area contributed by atoms with E-state index in [1.807, 2.05) is 30.3 Å². The summed E-state index contributed by atoms with van der Waals surface area (Å²) in [6.45, 7) is 3.27. The zero-order valence-electron chi connectivity index (χ0n) is 10.5. The lowest BCUT2D eigenvalue weighted by atomic mass is 9.91. The van der Waals surface area contributed by atoms with Gasteiger partial charge in [-0.2, -0.15) is 5.26 Å². The summed E-state index contributed by atoms with van der Waals surface area (Å²) < 4.78 is 0. The van der Waals surface area contributed by atoms with Crippen LogP contribution in [0.4, 0.5) is 0 Å². The first-order valence-corrected chi connectivity index (χ1v) is 6.10. The fraction of sp³-hybridized carbons (Fsp3) is 0.400. The van der Waals surface area contributed by atoms with Crippen LogP contribution in [-0.4, -0.2) is 24.5 Å². The molecule has 2 rings (SSSR count). The topological polar surface area (TPSA) is 27.0 Å². The molecule has 0 amide bonds. The van der Waals surface area contributed by atoms with Gasteiger partial charge in [0, 0.05) is 12.6 Å². The highest BCUT2D eigenvalue weighted by Crippen LogP contribution is 2.28. The number of nitrogens with zero attached hydrogens (tertiary/aromatic N) is 2. The molecule has 1 unspecified atom stereocenters. The van der Waals surface area contributed by atoms with E-state index in [4.69, 9.17) is 0 Å². The molecule has 1 heterocycles. The molecule has 1 aromatic rings. The first-order chi connectivity index (χ1) is 8.22. The van der Waals surface area contributed by atoms with E-state index >= 15 is 0 Å². The molecule has 0 aromatic heterocycles. The summed E-state index contributed by atoms with van der Waals surface area (Å²) in [5.74, 6) is 0. The molecule has 0 bridgehead atoms. The average Bonchev–Trinajstić information content (AvgIpc) is 2.36. The van der Waals surface area contributed by atoms with Crippen LogP contribution in [-0.2, 0) is 0 Å².